The van der Waals surface area contributed by atoms with Gasteiger partial charge in [-0.3, -0.25) is 13.9 Å². The van der Waals surface area contributed by atoms with E-state index in [0.717, 1.165) is 5.56 Å². The molecule has 1 aromatic heterocycles. The van der Waals surface area contributed by atoms with E-state index in [0.29, 0.717) is 16.7 Å². The van der Waals surface area contributed by atoms with Crippen molar-refractivity contribution in [3.63, 3.8) is 0 Å². The van der Waals surface area contributed by atoms with Gasteiger partial charge in [-0.25, -0.2) is 13.2 Å². The zero-order valence-electron chi connectivity index (χ0n) is 14.7. The molecule has 0 atom stereocenters. The Balaban J connectivity index is 1.89. The number of rotatable bonds is 4. The van der Waals surface area contributed by atoms with Crippen molar-refractivity contribution in [1.29, 1.82) is 0 Å². The van der Waals surface area contributed by atoms with Crippen LogP contribution in [0.25, 0.3) is 11.0 Å². The average Bonchev–Trinajstić information content (AvgIpc) is 2.81. The predicted molar refractivity (Wildman–Crippen MR) is 100 cm³/mol. The Hall–Kier alpha value is -2.87. The first-order chi connectivity index (χ1) is 12.2. The second-order valence-corrected chi connectivity index (χ2v) is 8.16. The number of imidazole rings is 1. The number of carbonyl (C=O) groups excluding carboxylic acids is 1. The Labute approximate surface area is 150 Å². The van der Waals surface area contributed by atoms with Crippen molar-refractivity contribution in [2.24, 2.45) is 14.1 Å². The summed E-state index contributed by atoms with van der Waals surface area (Å²) in [6.07, 6.45) is 0. The zero-order chi connectivity index (χ0) is 19.1. The van der Waals surface area contributed by atoms with Gasteiger partial charge in [0.2, 0.25) is 5.91 Å². The van der Waals surface area contributed by atoms with Crippen molar-refractivity contribution < 1.29 is 13.2 Å². The van der Waals surface area contributed by atoms with Crippen LogP contribution < -0.4 is 11.0 Å². The molecule has 0 radical (unpaired) electrons. The number of sulfone groups is 1. The maximum Gasteiger partial charge on any atom is 0.328 e. The van der Waals surface area contributed by atoms with Gasteiger partial charge in [-0.2, -0.15) is 0 Å². The fourth-order valence-corrected chi connectivity index (χ4v) is 3.99. The summed E-state index contributed by atoms with van der Waals surface area (Å²) in [6, 6.07) is 11.6. The molecule has 0 fully saturated rings. The quantitative estimate of drug-likeness (QED) is 0.752. The van der Waals surface area contributed by atoms with E-state index in [4.69, 9.17) is 0 Å². The number of hydrogen-bond acceptors (Lipinski definition) is 4. The van der Waals surface area contributed by atoms with E-state index in [1.807, 2.05) is 19.1 Å². The Morgan fingerprint density at radius 1 is 1.04 bits per heavy atom. The maximum atomic E-state index is 12.6. The van der Waals surface area contributed by atoms with Crippen LogP contribution in [0.1, 0.15) is 5.56 Å². The van der Waals surface area contributed by atoms with Crippen LogP contribution in [0.5, 0.6) is 0 Å². The molecule has 0 aliphatic rings. The second kappa shape index (κ2) is 6.45. The largest absolute Gasteiger partial charge is 0.328 e. The molecule has 1 amide bonds. The number of benzene rings is 2. The first-order valence-corrected chi connectivity index (χ1v) is 9.59. The molecule has 7 nitrogen and oxygen atoms in total. The number of para-hydroxylation sites is 1. The summed E-state index contributed by atoms with van der Waals surface area (Å²) in [7, 11) is -0.646. The monoisotopic (exact) mass is 373 g/mol. The molecule has 26 heavy (non-hydrogen) atoms. The van der Waals surface area contributed by atoms with E-state index in [-0.39, 0.29) is 10.6 Å². The van der Waals surface area contributed by atoms with E-state index in [1.54, 1.807) is 32.3 Å². The molecular formula is C18H19N3O4S. The van der Waals surface area contributed by atoms with Crippen molar-refractivity contribution in [2.75, 3.05) is 11.1 Å². The number of carbonyl (C=O) groups is 1. The van der Waals surface area contributed by atoms with Crippen molar-refractivity contribution in [1.82, 2.24) is 9.13 Å². The summed E-state index contributed by atoms with van der Waals surface area (Å²) in [5.41, 5.74) is 2.30. The van der Waals surface area contributed by atoms with Gasteiger partial charge < -0.3 is 5.32 Å². The third-order valence-corrected chi connectivity index (χ3v) is 5.96. The SMILES string of the molecule is Cc1ccccc1NC(=O)CS(=O)(=O)c1ccc2c(c1)n(C)c(=O)n2C. The number of aromatic nitrogens is 2. The highest BCUT2D eigenvalue weighted by atomic mass is 32.2. The van der Waals surface area contributed by atoms with Gasteiger partial charge in [0.05, 0.1) is 15.9 Å². The molecule has 0 saturated carbocycles. The van der Waals surface area contributed by atoms with Crippen LogP contribution in [0, 0.1) is 6.92 Å². The number of nitrogens with one attached hydrogen (secondary N) is 1. The summed E-state index contributed by atoms with van der Waals surface area (Å²) >= 11 is 0. The summed E-state index contributed by atoms with van der Waals surface area (Å²) in [4.78, 5) is 24.2. The van der Waals surface area contributed by atoms with Crippen molar-refractivity contribution in [3.8, 4) is 0 Å². The van der Waals surface area contributed by atoms with Gasteiger partial charge in [0.15, 0.2) is 9.84 Å². The summed E-state index contributed by atoms with van der Waals surface area (Å²) < 4.78 is 28.0. The summed E-state index contributed by atoms with van der Waals surface area (Å²) in [6.45, 7) is 1.83. The van der Waals surface area contributed by atoms with Gasteiger partial charge >= 0.3 is 5.69 Å². The number of anilines is 1. The smallest absolute Gasteiger partial charge is 0.325 e. The van der Waals surface area contributed by atoms with Crippen molar-refractivity contribution in [2.45, 2.75) is 11.8 Å². The zero-order valence-corrected chi connectivity index (χ0v) is 15.5. The average molecular weight is 373 g/mol. The normalized spacial score (nSPS) is 11.7. The third kappa shape index (κ3) is 3.15. The van der Waals surface area contributed by atoms with Crippen LogP contribution in [0.4, 0.5) is 5.69 Å². The van der Waals surface area contributed by atoms with Crippen LogP contribution in [-0.2, 0) is 28.7 Å². The molecule has 3 aromatic rings. The van der Waals surface area contributed by atoms with Crippen LogP contribution in [0.15, 0.2) is 52.2 Å². The first-order valence-electron chi connectivity index (χ1n) is 7.94. The Morgan fingerprint density at radius 2 is 1.69 bits per heavy atom. The molecule has 0 aliphatic heterocycles. The van der Waals surface area contributed by atoms with Gasteiger partial charge in [-0.1, -0.05) is 18.2 Å². The van der Waals surface area contributed by atoms with Crippen LogP contribution >= 0.6 is 0 Å². The number of aryl methyl sites for hydroxylation is 3. The lowest BCUT2D eigenvalue weighted by molar-refractivity contribution is -0.113. The predicted octanol–water partition coefficient (Wildman–Crippen LogP) is 1.60. The molecule has 0 aliphatic carbocycles. The maximum absolute atomic E-state index is 12.6. The Bertz CT molecular complexity index is 1170. The standard InChI is InChI=1S/C18H19N3O4S/c1-12-6-4-5-7-14(12)19-17(22)11-26(24,25)13-8-9-15-16(10-13)21(3)18(23)20(15)2/h4-10H,11H2,1-3H3,(H,19,22). The van der Waals surface area contributed by atoms with Gasteiger partial charge in [0.1, 0.15) is 5.75 Å². The summed E-state index contributed by atoms with van der Waals surface area (Å²) in [5.74, 6) is -1.28. The molecule has 136 valence electrons. The minimum Gasteiger partial charge on any atom is -0.325 e. The molecule has 1 N–H and O–H groups in total. The van der Waals surface area contributed by atoms with E-state index in [9.17, 15) is 18.0 Å². The number of hydrogen-bond donors (Lipinski definition) is 1. The third-order valence-electron chi connectivity index (χ3n) is 4.34. The molecule has 0 unspecified atom stereocenters. The molecular weight excluding hydrogens is 354 g/mol. The highest BCUT2D eigenvalue weighted by Gasteiger charge is 2.21. The minimum atomic E-state index is -3.84. The fraction of sp³-hybridized carbons (Fsp3) is 0.222. The van der Waals surface area contributed by atoms with Crippen molar-refractivity contribution >= 4 is 32.5 Å². The van der Waals surface area contributed by atoms with E-state index in [1.165, 1.54) is 21.3 Å². The molecule has 3 rings (SSSR count). The highest BCUT2D eigenvalue weighted by Crippen LogP contribution is 2.19. The minimum absolute atomic E-state index is 0.00568. The molecule has 1 heterocycles. The highest BCUT2D eigenvalue weighted by molar-refractivity contribution is 7.92. The van der Waals surface area contributed by atoms with E-state index in [2.05, 4.69) is 5.32 Å². The van der Waals surface area contributed by atoms with E-state index >= 15 is 0 Å². The van der Waals surface area contributed by atoms with Gasteiger partial charge in [-0.05, 0) is 36.8 Å². The fourth-order valence-electron chi connectivity index (χ4n) is 2.84. The van der Waals surface area contributed by atoms with E-state index < -0.39 is 21.5 Å². The lowest BCUT2D eigenvalue weighted by Gasteiger charge is -2.09. The van der Waals surface area contributed by atoms with Crippen LogP contribution in [0.2, 0.25) is 0 Å². The lowest BCUT2D eigenvalue weighted by atomic mass is 10.2. The molecule has 0 saturated heterocycles. The summed E-state index contributed by atoms with van der Waals surface area (Å²) in [5, 5.41) is 2.62. The van der Waals surface area contributed by atoms with Crippen molar-refractivity contribution in [3.05, 3.63) is 58.5 Å². The van der Waals surface area contributed by atoms with Gasteiger partial charge in [0.25, 0.3) is 0 Å². The number of fused-ring (bicyclic) bond motifs is 1. The Morgan fingerprint density at radius 3 is 2.38 bits per heavy atom. The topological polar surface area (TPSA) is 90.2 Å². The number of amides is 1. The molecule has 0 bridgehead atoms. The lowest BCUT2D eigenvalue weighted by Crippen LogP contribution is -2.23. The van der Waals surface area contributed by atoms with Gasteiger partial charge in [-0.15, -0.1) is 0 Å². The molecule has 8 heteroatoms. The van der Waals surface area contributed by atoms with Crippen LogP contribution in [-0.4, -0.2) is 29.2 Å². The first kappa shape index (κ1) is 17.9. The van der Waals surface area contributed by atoms with Gasteiger partial charge in [0, 0.05) is 19.8 Å². The molecule has 0 spiro atoms. The molecule has 2 aromatic carbocycles. The Kier molecular flexibility index (Phi) is 4.45. The second-order valence-electron chi connectivity index (χ2n) is 6.17. The number of nitrogens with zero attached hydrogens (tertiary/aromatic N) is 2. The van der Waals surface area contributed by atoms with Crippen LogP contribution in [0.3, 0.4) is 0 Å².